The van der Waals surface area contributed by atoms with Crippen LogP contribution in [-0.4, -0.2) is 53.5 Å². The van der Waals surface area contributed by atoms with Crippen LogP contribution in [0.15, 0.2) is 64.2 Å². The van der Waals surface area contributed by atoms with Crippen molar-refractivity contribution in [3.63, 3.8) is 0 Å². The summed E-state index contributed by atoms with van der Waals surface area (Å²) in [5, 5.41) is 11.6. The second-order valence-corrected chi connectivity index (χ2v) is 9.27. The fourth-order valence-electron chi connectivity index (χ4n) is 3.98. The van der Waals surface area contributed by atoms with Crippen molar-refractivity contribution < 1.29 is 13.9 Å². The lowest BCUT2D eigenvalue weighted by molar-refractivity contribution is -0.118. The molecule has 0 bridgehead atoms. The van der Waals surface area contributed by atoms with Crippen LogP contribution in [0.1, 0.15) is 31.4 Å². The highest BCUT2D eigenvalue weighted by Crippen LogP contribution is 2.27. The summed E-state index contributed by atoms with van der Waals surface area (Å²) in [5.41, 5.74) is 2.04. The van der Waals surface area contributed by atoms with Crippen molar-refractivity contribution in [3.05, 3.63) is 60.2 Å². The van der Waals surface area contributed by atoms with Gasteiger partial charge >= 0.3 is 0 Å². The van der Waals surface area contributed by atoms with Gasteiger partial charge in [-0.1, -0.05) is 49.0 Å². The molecule has 1 atom stereocenters. The van der Waals surface area contributed by atoms with Crippen LogP contribution in [-0.2, 0) is 4.79 Å². The van der Waals surface area contributed by atoms with Gasteiger partial charge in [0.05, 0.1) is 18.9 Å². The van der Waals surface area contributed by atoms with Crippen LogP contribution < -0.4 is 10.1 Å². The number of thioether (sulfide) groups is 1. The van der Waals surface area contributed by atoms with E-state index in [4.69, 9.17) is 9.15 Å². The minimum Gasteiger partial charge on any atom is -0.497 e. The SMILES string of the molecule is COc1ccc(-c2nnc(SCC(=O)NCC(c3ccccc3)N3CCC(C)CC3)o2)cc1. The number of aromatic nitrogens is 2. The number of ether oxygens (including phenoxy) is 1. The summed E-state index contributed by atoms with van der Waals surface area (Å²) in [6, 6.07) is 18.0. The Labute approximate surface area is 198 Å². The number of hydrogen-bond acceptors (Lipinski definition) is 7. The van der Waals surface area contributed by atoms with E-state index < -0.39 is 0 Å². The highest BCUT2D eigenvalue weighted by Gasteiger charge is 2.25. The molecule has 8 heteroatoms. The maximum absolute atomic E-state index is 12.6. The van der Waals surface area contributed by atoms with Gasteiger partial charge in [-0.25, -0.2) is 0 Å². The zero-order valence-electron chi connectivity index (χ0n) is 19.1. The number of nitrogens with one attached hydrogen (secondary N) is 1. The standard InChI is InChI=1S/C25H30N4O3S/c1-18-12-14-29(15-13-18)22(19-6-4-3-5-7-19)16-26-23(30)17-33-25-28-27-24(32-25)20-8-10-21(31-2)11-9-20/h3-11,18,22H,12-17H2,1-2H3,(H,26,30). The van der Waals surface area contributed by atoms with Gasteiger partial charge < -0.3 is 14.5 Å². The van der Waals surface area contributed by atoms with Gasteiger partial charge in [-0.05, 0) is 61.7 Å². The monoisotopic (exact) mass is 466 g/mol. The minimum absolute atomic E-state index is 0.0458. The van der Waals surface area contributed by atoms with E-state index in [0.29, 0.717) is 17.7 Å². The topological polar surface area (TPSA) is 80.5 Å². The Morgan fingerprint density at radius 1 is 1.15 bits per heavy atom. The molecule has 1 saturated heterocycles. The average Bonchev–Trinajstić information content (AvgIpc) is 3.34. The van der Waals surface area contributed by atoms with Crippen LogP contribution in [0.5, 0.6) is 5.75 Å². The lowest BCUT2D eigenvalue weighted by atomic mass is 9.95. The third kappa shape index (κ3) is 6.36. The smallest absolute Gasteiger partial charge is 0.277 e. The summed E-state index contributed by atoms with van der Waals surface area (Å²) < 4.78 is 10.9. The fourth-order valence-corrected chi connectivity index (χ4v) is 4.57. The Morgan fingerprint density at radius 3 is 2.58 bits per heavy atom. The molecule has 3 aromatic rings. The average molecular weight is 467 g/mol. The molecule has 0 radical (unpaired) electrons. The van der Waals surface area contributed by atoms with Crippen molar-refractivity contribution in [2.24, 2.45) is 5.92 Å². The molecule has 1 unspecified atom stereocenters. The highest BCUT2D eigenvalue weighted by molar-refractivity contribution is 7.99. The van der Waals surface area contributed by atoms with Crippen LogP contribution in [0.3, 0.4) is 0 Å². The summed E-state index contributed by atoms with van der Waals surface area (Å²) in [5.74, 6) is 2.13. The van der Waals surface area contributed by atoms with Gasteiger partial charge in [0.1, 0.15) is 5.75 Å². The van der Waals surface area contributed by atoms with Gasteiger partial charge in [0.25, 0.3) is 5.22 Å². The van der Waals surface area contributed by atoms with Crippen LogP contribution in [0, 0.1) is 5.92 Å². The largest absolute Gasteiger partial charge is 0.497 e. The number of hydrogen-bond donors (Lipinski definition) is 1. The van der Waals surface area contributed by atoms with Crippen molar-refractivity contribution in [1.29, 1.82) is 0 Å². The summed E-state index contributed by atoms with van der Waals surface area (Å²) in [4.78, 5) is 15.1. The van der Waals surface area contributed by atoms with Crippen LogP contribution in [0.2, 0.25) is 0 Å². The van der Waals surface area contributed by atoms with E-state index in [1.54, 1.807) is 7.11 Å². The van der Waals surface area contributed by atoms with E-state index in [0.717, 1.165) is 30.3 Å². The molecule has 33 heavy (non-hydrogen) atoms. The molecule has 174 valence electrons. The first-order valence-electron chi connectivity index (χ1n) is 11.3. The second kappa shape index (κ2) is 11.3. The van der Waals surface area contributed by atoms with Gasteiger partial charge in [0.15, 0.2) is 0 Å². The van der Waals surface area contributed by atoms with Crippen molar-refractivity contribution in [2.75, 3.05) is 32.5 Å². The maximum Gasteiger partial charge on any atom is 0.277 e. The number of methoxy groups -OCH3 is 1. The van der Waals surface area contributed by atoms with Gasteiger partial charge in [-0.3, -0.25) is 9.69 Å². The Morgan fingerprint density at radius 2 is 1.88 bits per heavy atom. The number of likely N-dealkylation sites (tertiary alicyclic amines) is 1. The number of benzene rings is 2. The molecule has 2 aromatic carbocycles. The normalized spacial score (nSPS) is 15.8. The molecule has 1 aromatic heterocycles. The Bertz CT molecular complexity index is 1020. The first kappa shape index (κ1) is 23.3. The van der Waals surface area contributed by atoms with Gasteiger partial charge in [0.2, 0.25) is 11.8 Å². The van der Waals surface area contributed by atoms with E-state index in [9.17, 15) is 4.79 Å². The molecule has 1 N–H and O–H groups in total. The highest BCUT2D eigenvalue weighted by atomic mass is 32.2. The number of piperidine rings is 1. The van der Waals surface area contributed by atoms with Gasteiger partial charge in [-0.2, -0.15) is 0 Å². The van der Waals surface area contributed by atoms with Crippen molar-refractivity contribution >= 4 is 17.7 Å². The van der Waals surface area contributed by atoms with Gasteiger partial charge in [0, 0.05) is 12.1 Å². The minimum atomic E-state index is -0.0458. The van der Waals surface area contributed by atoms with E-state index >= 15 is 0 Å². The predicted octanol–water partition coefficient (Wildman–Crippen LogP) is 4.43. The quantitative estimate of drug-likeness (QED) is 0.467. The molecule has 1 fully saturated rings. The summed E-state index contributed by atoms with van der Waals surface area (Å²) in [7, 11) is 1.62. The zero-order valence-corrected chi connectivity index (χ0v) is 19.9. The van der Waals surface area contributed by atoms with Crippen LogP contribution in [0.4, 0.5) is 0 Å². The molecule has 0 aliphatic carbocycles. The molecule has 1 aliphatic rings. The molecule has 0 saturated carbocycles. The molecular formula is C25H30N4O3S. The van der Waals surface area contributed by atoms with Crippen molar-refractivity contribution in [3.8, 4) is 17.2 Å². The predicted molar refractivity (Wildman–Crippen MR) is 129 cm³/mol. The molecule has 7 nitrogen and oxygen atoms in total. The van der Waals surface area contributed by atoms with E-state index in [-0.39, 0.29) is 17.7 Å². The first-order chi connectivity index (χ1) is 16.1. The number of carbonyl (C=O) groups excluding carboxylic acids is 1. The summed E-state index contributed by atoms with van der Waals surface area (Å²) in [6.45, 7) is 5.01. The molecule has 4 rings (SSSR count). The maximum atomic E-state index is 12.6. The van der Waals surface area contributed by atoms with E-state index in [2.05, 4.69) is 51.6 Å². The first-order valence-corrected chi connectivity index (χ1v) is 12.3. The molecule has 1 amide bonds. The fraction of sp³-hybridized carbons (Fsp3) is 0.400. The Balaban J connectivity index is 1.31. The summed E-state index contributed by atoms with van der Waals surface area (Å²) in [6.07, 6.45) is 2.39. The van der Waals surface area contributed by atoms with E-state index in [1.807, 2.05) is 30.3 Å². The third-order valence-electron chi connectivity index (χ3n) is 6.01. The zero-order chi connectivity index (χ0) is 23.0. The van der Waals surface area contributed by atoms with Gasteiger partial charge in [-0.15, -0.1) is 10.2 Å². The van der Waals surface area contributed by atoms with E-state index in [1.165, 1.54) is 30.2 Å². The summed E-state index contributed by atoms with van der Waals surface area (Å²) >= 11 is 1.24. The Hall–Kier alpha value is -2.84. The number of carbonyl (C=O) groups is 1. The Kier molecular flexibility index (Phi) is 8.01. The molecule has 1 aliphatic heterocycles. The molecule has 2 heterocycles. The lowest BCUT2D eigenvalue weighted by Crippen LogP contribution is -2.42. The lowest BCUT2D eigenvalue weighted by Gasteiger charge is -2.37. The second-order valence-electron chi connectivity index (χ2n) is 8.34. The molecule has 0 spiro atoms. The number of nitrogens with zero attached hydrogens (tertiary/aromatic N) is 3. The number of amides is 1. The van der Waals surface area contributed by atoms with Crippen LogP contribution >= 0.6 is 11.8 Å². The number of rotatable bonds is 9. The van der Waals surface area contributed by atoms with Crippen LogP contribution in [0.25, 0.3) is 11.5 Å². The molecular weight excluding hydrogens is 436 g/mol. The van der Waals surface area contributed by atoms with Crippen molar-refractivity contribution in [1.82, 2.24) is 20.4 Å². The third-order valence-corrected chi connectivity index (χ3v) is 6.82. The van der Waals surface area contributed by atoms with Crippen molar-refractivity contribution in [2.45, 2.75) is 31.0 Å².